The van der Waals surface area contributed by atoms with Crippen molar-refractivity contribution in [1.29, 1.82) is 0 Å². The molecule has 3 amide bonds. The standard InChI is InChI=1S/C18H14Cl4N4O2/c1-25-17(27)16(26(18(25)28)14-5-3-2-4-11(14)21)24-15(9-19)23-13-7-6-10(20)8-12(13)22/h2-8,15,23H,9H2,1H3. The summed E-state index contributed by atoms with van der Waals surface area (Å²) in [5.74, 6) is -0.642. The number of likely N-dealkylation sites (N-methyl/N-ethyl adjacent to an activating group) is 1. The molecule has 1 heterocycles. The van der Waals surface area contributed by atoms with Crippen LogP contribution in [0, 0.1) is 0 Å². The largest absolute Gasteiger partial charge is 0.362 e. The molecule has 6 nitrogen and oxygen atoms in total. The van der Waals surface area contributed by atoms with Gasteiger partial charge in [0.25, 0.3) is 5.91 Å². The molecule has 3 rings (SSSR count). The summed E-state index contributed by atoms with van der Waals surface area (Å²) in [6, 6.07) is 11.0. The van der Waals surface area contributed by atoms with Gasteiger partial charge in [0.15, 0.2) is 0 Å². The predicted octanol–water partition coefficient (Wildman–Crippen LogP) is 5.12. The number of amides is 3. The van der Waals surface area contributed by atoms with Crippen molar-refractivity contribution in [2.45, 2.75) is 6.17 Å². The minimum atomic E-state index is -0.733. The average molecular weight is 460 g/mol. The van der Waals surface area contributed by atoms with Gasteiger partial charge >= 0.3 is 6.03 Å². The first-order valence-corrected chi connectivity index (χ1v) is 9.72. The van der Waals surface area contributed by atoms with Crippen LogP contribution in [0.25, 0.3) is 0 Å². The van der Waals surface area contributed by atoms with E-state index in [1.54, 1.807) is 42.5 Å². The maximum Gasteiger partial charge on any atom is 0.337 e. The molecule has 1 fully saturated rings. The zero-order chi connectivity index (χ0) is 20.4. The van der Waals surface area contributed by atoms with Crippen molar-refractivity contribution in [3.63, 3.8) is 0 Å². The van der Waals surface area contributed by atoms with Gasteiger partial charge in [-0.3, -0.25) is 9.69 Å². The topological polar surface area (TPSA) is 65.0 Å². The van der Waals surface area contributed by atoms with E-state index >= 15 is 0 Å². The highest BCUT2D eigenvalue weighted by Gasteiger charge is 2.42. The van der Waals surface area contributed by atoms with E-state index in [2.05, 4.69) is 10.3 Å². The molecule has 0 saturated carbocycles. The zero-order valence-electron chi connectivity index (χ0n) is 14.5. The van der Waals surface area contributed by atoms with Crippen molar-refractivity contribution in [2.24, 2.45) is 4.99 Å². The number of hydrogen-bond donors (Lipinski definition) is 1. The van der Waals surface area contributed by atoms with Crippen molar-refractivity contribution >= 4 is 75.6 Å². The van der Waals surface area contributed by atoms with Crippen LogP contribution >= 0.6 is 46.4 Å². The van der Waals surface area contributed by atoms with Gasteiger partial charge < -0.3 is 5.32 Å². The second-order valence-electron chi connectivity index (χ2n) is 5.82. The molecule has 10 heteroatoms. The van der Waals surface area contributed by atoms with Crippen molar-refractivity contribution in [3.05, 3.63) is 57.5 Å². The van der Waals surface area contributed by atoms with Crippen LogP contribution < -0.4 is 10.2 Å². The van der Waals surface area contributed by atoms with Gasteiger partial charge in [-0.1, -0.05) is 46.9 Å². The number of para-hydroxylation sites is 1. The lowest BCUT2D eigenvalue weighted by molar-refractivity contribution is -0.119. The second-order valence-corrected chi connectivity index (χ2v) is 7.38. The molecule has 1 atom stereocenters. The van der Waals surface area contributed by atoms with E-state index in [1.807, 2.05) is 0 Å². The number of benzene rings is 2. The van der Waals surface area contributed by atoms with Crippen LogP contribution in [-0.4, -0.2) is 41.8 Å². The summed E-state index contributed by atoms with van der Waals surface area (Å²) in [6.07, 6.45) is -0.733. The first-order valence-electron chi connectivity index (χ1n) is 8.05. The minimum Gasteiger partial charge on any atom is -0.362 e. The predicted molar refractivity (Wildman–Crippen MR) is 114 cm³/mol. The van der Waals surface area contributed by atoms with Crippen LogP contribution in [0.15, 0.2) is 47.5 Å². The number of nitrogens with zero attached hydrogens (tertiary/aromatic N) is 3. The van der Waals surface area contributed by atoms with Crippen LogP contribution in [0.1, 0.15) is 0 Å². The number of amidine groups is 1. The summed E-state index contributed by atoms with van der Waals surface area (Å²) in [5.41, 5.74) is 0.888. The number of aliphatic imine (C=N–C) groups is 1. The molecule has 0 aromatic heterocycles. The number of halogens is 4. The summed E-state index contributed by atoms with van der Waals surface area (Å²) in [7, 11) is 1.37. The molecule has 1 saturated heterocycles. The first kappa shape index (κ1) is 20.7. The van der Waals surface area contributed by atoms with Crippen LogP contribution in [-0.2, 0) is 4.79 Å². The zero-order valence-corrected chi connectivity index (χ0v) is 17.5. The number of hydrogen-bond acceptors (Lipinski definition) is 4. The molecule has 2 aromatic carbocycles. The van der Waals surface area contributed by atoms with Crippen LogP contribution in [0.3, 0.4) is 0 Å². The molecule has 0 radical (unpaired) electrons. The Hall–Kier alpha value is -1.99. The number of alkyl halides is 1. The SMILES string of the molecule is CN1C(=O)C(=NC(CCl)Nc2ccc(Cl)cc2Cl)N(c2ccccc2Cl)C1=O. The highest BCUT2D eigenvalue weighted by Crippen LogP contribution is 2.30. The molecule has 1 aliphatic rings. The molecule has 1 unspecified atom stereocenters. The molecule has 0 bridgehead atoms. The fourth-order valence-electron chi connectivity index (χ4n) is 2.58. The van der Waals surface area contributed by atoms with Gasteiger partial charge in [-0.05, 0) is 30.3 Å². The molecule has 1 N–H and O–H groups in total. The third-order valence-corrected chi connectivity index (χ3v) is 5.12. The highest BCUT2D eigenvalue weighted by molar-refractivity contribution is 6.55. The van der Waals surface area contributed by atoms with Crippen molar-refractivity contribution in [2.75, 3.05) is 23.1 Å². The van der Waals surface area contributed by atoms with Gasteiger partial charge in [0.05, 0.1) is 27.3 Å². The van der Waals surface area contributed by atoms with Crippen LogP contribution in [0.4, 0.5) is 16.2 Å². The molecule has 2 aromatic rings. The maximum absolute atomic E-state index is 12.6. The van der Waals surface area contributed by atoms with E-state index in [0.717, 1.165) is 9.80 Å². The average Bonchev–Trinajstić information content (AvgIpc) is 2.87. The quantitative estimate of drug-likeness (QED) is 0.498. The van der Waals surface area contributed by atoms with E-state index in [0.29, 0.717) is 26.4 Å². The molecule has 0 aliphatic carbocycles. The maximum atomic E-state index is 12.6. The lowest BCUT2D eigenvalue weighted by Gasteiger charge is -2.19. The van der Waals surface area contributed by atoms with E-state index < -0.39 is 18.1 Å². The summed E-state index contributed by atoms with van der Waals surface area (Å²) in [4.78, 5) is 31.7. The summed E-state index contributed by atoms with van der Waals surface area (Å²) in [5, 5.41) is 4.20. The van der Waals surface area contributed by atoms with Gasteiger partial charge in [0.1, 0.15) is 6.17 Å². The third-order valence-electron chi connectivity index (χ3n) is 3.96. The fraction of sp³-hybridized carbons (Fsp3) is 0.167. The van der Waals surface area contributed by atoms with E-state index in [1.165, 1.54) is 7.05 Å². The summed E-state index contributed by atoms with van der Waals surface area (Å²) >= 11 is 24.3. The second kappa shape index (κ2) is 8.57. The smallest absolute Gasteiger partial charge is 0.337 e. The van der Waals surface area contributed by atoms with Gasteiger partial charge in [-0.25, -0.2) is 14.7 Å². The first-order chi connectivity index (χ1) is 13.3. The van der Waals surface area contributed by atoms with Crippen LogP contribution in [0.2, 0.25) is 15.1 Å². The Morgan fingerprint density at radius 2 is 1.79 bits per heavy atom. The van der Waals surface area contributed by atoms with Gasteiger partial charge in [-0.2, -0.15) is 0 Å². The Morgan fingerprint density at radius 3 is 2.43 bits per heavy atom. The number of carbonyl (C=O) groups is 2. The Labute approximate surface area is 181 Å². The molecular formula is C18H14Cl4N4O2. The Morgan fingerprint density at radius 1 is 1.07 bits per heavy atom. The molecular weight excluding hydrogens is 446 g/mol. The number of urea groups is 1. The van der Waals surface area contributed by atoms with E-state index in [9.17, 15) is 9.59 Å². The van der Waals surface area contributed by atoms with E-state index in [-0.39, 0.29) is 11.7 Å². The van der Waals surface area contributed by atoms with Gasteiger partial charge in [0, 0.05) is 12.1 Å². The Bertz CT molecular complexity index is 966. The monoisotopic (exact) mass is 458 g/mol. The number of carbonyl (C=O) groups excluding carboxylic acids is 2. The van der Waals surface area contributed by atoms with Crippen molar-refractivity contribution in [1.82, 2.24) is 4.90 Å². The minimum absolute atomic E-state index is 0.0179. The fourth-order valence-corrected chi connectivity index (χ4v) is 3.40. The normalized spacial score (nSPS) is 16.8. The number of nitrogens with one attached hydrogen (secondary N) is 1. The molecule has 0 spiro atoms. The highest BCUT2D eigenvalue weighted by atomic mass is 35.5. The molecule has 28 heavy (non-hydrogen) atoms. The number of anilines is 2. The third kappa shape index (κ3) is 4.05. The molecule has 1 aliphatic heterocycles. The Balaban J connectivity index is 1.99. The lowest BCUT2D eigenvalue weighted by atomic mass is 10.3. The summed E-state index contributed by atoms with van der Waals surface area (Å²) in [6.45, 7) is 0. The Kier molecular flexibility index (Phi) is 6.35. The van der Waals surface area contributed by atoms with Gasteiger partial charge in [-0.15, -0.1) is 11.6 Å². The number of imide groups is 1. The van der Waals surface area contributed by atoms with E-state index in [4.69, 9.17) is 46.4 Å². The molecule has 146 valence electrons. The van der Waals surface area contributed by atoms with Crippen LogP contribution in [0.5, 0.6) is 0 Å². The van der Waals surface area contributed by atoms with Crippen molar-refractivity contribution in [3.8, 4) is 0 Å². The summed E-state index contributed by atoms with van der Waals surface area (Å²) < 4.78 is 0. The number of rotatable bonds is 5. The van der Waals surface area contributed by atoms with Crippen molar-refractivity contribution < 1.29 is 9.59 Å². The lowest BCUT2D eigenvalue weighted by Crippen LogP contribution is -2.34. The van der Waals surface area contributed by atoms with Gasteiger partial charge in [0.2, 0.25) is 5.84 Å².